The van der Waals surface area contributed by atoms with E-state index in [9.17, 15) is 9.59 Å². The van der Waals surface area contributed by atoms with Gasteiger partial charge in [0.15, 0.2) is 0 Å². The summed E-state index contributed by atoms with van der Waals surface area (Å²) in [7, 11) is 0. The number of nitrogens with one attached hydrogen (secondary N) is 2. The van der Waals surface area contributed by atoms with Gasteiger partial charge in [0, 0.05) is 34.7 Å². The number of anilines is 1. The van der Waals surface area contributed by atoms with Crippen LogP contribution >= 0.6 is 0 Å². The highest BCUT2D eigenvalue weighted by atomic mass is 16.2. The Hall–Kier alpha value is -2.69. The molecule has 24 heavy (non-hydrogen) atoms. The van der Waals surface area contributed by atoms with Gasteiger partial charge in [-0.05, 0) is 57.0 Å². The molecule has 0 saturated heterocycles. The number of rotatable bonds is 5. The average molecular weight is 325 g/mol. The van der Waals surface area contributed by atoms with Crippen molar-refractivity contribution in [3.8, 4) is 0 Å². The van der Waals surface area contributed by atoms with Crippen LogP contribution < -0.4 is 10.6 Å². The Balaban J connectivity index is 2.22. The third-order valence-corrected chi connectivity index (χ3v) is 3.63. The van der Waals surface area contributed by atoms with E-state index in [2.05, 4.69) is 15.6 Å². The number of carbonyl (C=O) groups is 2. The standard InChI is InChI=1S/C19H23N3O2/c1-5-8-20-18(23)15-7-6-12(2)17(11-15)22-19(24)16-9-13(3)21-14(4)10-16/h6-7,9-11H,5,8H2,1-4H3,(H,20,23)(H,22,24). The van der Waals surface area contributed by atoms with Gasteiger partial charge in [-0.3, -0.25) is 14.6 Å². The summed E-state index contributed by atoms with van der Waals surface area (Å²) in [5.41, 5.74) is 4.22. The first-order chi connectivity index (χ1) is 11.4. The minimum absolute atomic E-state index is 0.136. The molecular formula is C19H23N3O2. The van der Waals surface area contributed by atoms with E-state index in [1.807, 2.05) is 33.8 Å². The number of aromatic nitrogens is 1. The van der Waals surface area contributed by atoms with Crippen LogP contribution in [0.4, 0.5) is 5.69 Å². The molecule has 2 rings (SSSR count). The summed E-state index contributed by atoms with van der Waals surface area (Å²) >= 11 is 0. The zero-order chi connectivity index (χ0) is 17.7. The van der Waals surface area contributed by atoms with Crippen LogP contribution in [0.3, 0.4) is 0 Å². The lowest BCUT2D eigenvalue weighted by atomic mass is 10.1. The van der Waals surface area contributed by atoms with Crippen LogP contribution in [-0.4, -0.2) is 23.3 Å². The van der Waals surface area contributed by atoms with E-state index in [1.165, 1.54) is 0 Å². The van der Waals surface area contributed by atoms with Gasteiger partial charge in [0.1, 0.15) is 0 Å². The number of pyridine rings is 1. The molecular weight excluding hydrogens is 302 g/mol. The summed E-state index contributed by atoms with van der Waals surface area (Å²) < 4.78 is 0. The lowest BCUT2D eigenvalue weighted by molar-refractivity contribution is 0.0952. The van der Waals surface area contributed by atoms with Gasteiger partial charge in [-0.15, -0.1) is 0 Å². The van der Waals surface area contributed by atoms with Crippen molar-refractivity contribution in [1.29, 1.82) is 0 Å². The number of nitrogens with zero attached hydrogens (tertiary/aromatic N) is 1. The Labute approximate surface area is 142 Å². The van der Waals surface area contributed by atoms with E-state index in [0.717, 1.165) is 23.4 Å². The van der Waals surface area contributed by atoms with E-state index < -0.39 is 0 Å². The predicted molar refractivity (Wildman–Crippen MR) is 95.5 cm³/mol. The van der Waals surface area contributed by atoms with E-state index in [0.29, 0.717) is 23.4 Å². The highest BCUT2D eigenvalue weighted by Crippen LogP contribution is 2.18. The molecule has 2 aromatic rings. The molecule has 2 amide bonds. The topological polar surface area (TPSA) is 71.1 Å². The van der Waals surface area contributed by atoms with E-state index in [1.54, 1.807) is 24.3 Å². The second kappa shape index (κ2) is 7.73. The third kappa shape index (κ3) is 4.41. The molecule has 0 aliphatic heterocycles. The van der Waals surface area contributed by atoms with Crippen LogP contribution in [0.1, 0.15) is 51.0 Å². The molecule has 2 N–H and O–H groups in total. The molecule has 0 bridgehead atoms. The van der Waals surface area contributed by atoms with Crippen LogP contribution in [0.2, 0.25) is 0 Å². The molecule has 5 nitrogen and oxygen atoms in total. The summed E-state index contributed by atoms with van der Waals surface area (Å²) in [5.74, 6) is -0.347. The fraction of sp³-hybridized carbons (Fsp3) is 0.316. The Bertz CT molecular complexity index is 749. The van der Waals surface area contributed by atoms with Crippen molar-refractivity contribution in [2.75, 3.05) is 11.9 Å². The minimum Gasteiger partial charge on any atom is -0.352 e. The molecule has 5 heteroatoms. The number of benzene rings is 1. The van der Waals surface area contributed by atoms with Crippen LogP contribution in [0.15, 0.2) is 30.3 Å². The molecule has 0 aliphatic carbocycles. The Morgan fingerprint density at radius 2 is 1.62 bits per heavy atom. The third-order valence-electron chi connectivity index (χ3n) is 3.63. The lowest BCUT2D eigenvalue weighted by Gasteiger charge is -2.11. The minimum atomic E-state index is -0.210. The molecule has 0 radical (unpaired) electrons. The van der Waals surface area contributed by atoms with Crippen LogP contribution in [0.5, 0.6) is 0 Å². The fourth-order valence-electron chi connectivity index (χ4n) is 2.40. The molecule has 0 fully saturated rings. The summed E-state index contributed by atoms with van der Waals surface area (Å²) in [5, 5.41) is 5.72. The highest BCUT2D eigenvalue weighted by Gasteiger charge is 2.12. The molecule has 126 valence electrons. The van der Waals surface area contributed by atoms with Crippen molar-refractivity contribution in [2.24, 2.45) is 0 Å². The van der Waals surface area contributed by atoms with Gasteiger partial charge in [0.05, 0.1) is 0 Å². The number of amides is 2. The van der Waals surface area contributed by atoms with Gasteiger partial charge in [-0.2, -0.15) is 0 Å². The fourth-order valence-corrected chi connectivity index (χ4v) is 2.40. The molecule has 0 saturated carbocycles. The maximum absolute atomic E-state index is 12.5. The molecule has 0 spiro atoms. The monoisotopic (exact) mass is 325 g/mol. The predicted octanol–water partition coefficient (Wildman–Crippen LogP) is 3.40. The summed E-state index contributed by atoms with van der Waals surface area (Å²) in [4.78, 5) is 28.8. The molecule has 0 unspecified atom stereocenters. The van der Waals surface area contributed by atoms with E-state index in [-0.39, 0.29) is 11.8 Å². The van der Waals surface area contributed by atoms with Crippen LogP contribution in [-0.2, 0) is 0 Å². The maximum Gasteiger partial charge on any atom is 0.255 e. The van der Waals surface area contributed by atoms with Crippen molar-refractivity contribution in [1.82, 2.24) is 10.3 Å². The Morgan fingerprint density at radius 1 is 0.958 bits per heavy atom. The quantitative estimate of drug-likeness (QED) is 0.885. The van der Waals surface area contributed by atoms with Crippen molar-refractivity contribution in [3.63, 3.8) is 0 Å². The molecule has 1 aromatic heterocycles. The first kappa shape index (κ1) is 17.7. The Kier molecular flexibility index (Phi) is 5.68. The summed E-state index contributed by atoms with van der Waals surface area (Å²) in [6.45, 7) is 8.23. The molecule has 0 aliphatic rings. The first-order valence-corrected chi connectivity index (χ1v) is 8.06. The zero-order valence-corrected chi connectivity index (χ0v) is 14.6. The SMILES string of the molecule is CCCNC(=O)c1ccc(C)c(NC(=O)c2cc(C)nc(C)c2)c1. The lowest BCUT2D eigenvalue weighted by Crippen LogP contribution is -2.24. The van der Waals surface area contributed by atoms with Crippen molar-refractivity contribution >= 4 is 17.5 Å². The van der Waals surface area contributed by atoms with Crippen LogP contribution in [0, 0.1) is 20.8 Å². The van der Waals surface area contributed by atoms with Crippen LogP contribution in [0.25, 0.3) is 0 Å². The first-order valence-electron chi connectivity index (χ1n) is 8.06. The van der Waals surface area contributed by atoms with Gasteiger partial charge in [-0.1, -0.05) is 13.0 Å². The van der Waals surface area contributed by atoms with Gasteiger partial charge >= 0.3 is 0 Å². The summed E-state index contributed by atoms with van der Waals surface area (Å²) in [6, 6.07) is 8.79. The second-order valence-electron chi connectivity index (χ2n) is 5.88. The summed E-state index contributed by atoms with van der Waals surface area (Å²) in [6.07, 6.45) is 0.877. The van der Waals surface area contributed by atoms with Gasteiger partial charge < -0.3 is 10.6 Å². The van der Waals surface area contributed by atoms with Crippen molar-refractivity contribution < 1.29 is 9.59 Å². The zero-order valence-electron chi connectivity index (χ0n) is 14.6. The number of carbonyl (C=O) groups excluding carboxylic acids is 2. The van der Waals surface area contributed by atoms with E-state index in [4.69, 9.17) is 0 Å². The van der Waals surface area contributed by atoms with Gasteiger partial charge in [0.2, 0.25) is 0 Å². The highest BCUT2D eigenvalue weighted by molar-refractivity contribution is 6.05. The maximum atomic E-state index is 12.5. The number of hydrogen-bond acceptors (Lipinski definition) is 3. The van der Waals surface area contributed by atoms with Crippen molar-refractivity contribution in [3.05, 3.63) is 58.4 Å². The smallest absolute Gasteiger partial charge is 0.255 e. The van der Waals surface area contributed by atoms with Gasteiger partial charge in [0.25, 0.3) is 11.8 Å². The molecule has 0 atom stereocenters. The Morgan fingerprint density at radius 3 is 2.25 bits per heavy atom. The van der Waals surface area contributed by atoms with Crippen molar-refractivity contribution in [2.45, 2.75) is 34.1 Å². The average Bonchev–Trinajstić information content (AvgIpc) is 2.53. The number of hydrogen-bond donors (Lipinski definition) is 2. The van der Waals surface area contributed by atoms with E-state index >= 15 is 0 Å². The largest absolute Gasteiger partial charge is 0.352 e. The number of aryl methyl sites for hydroxylation is 3. The normalized spacial score (nSPS) is 10.3. The van der Waals surface area contributed by atoms with Gasteiger partial charge in [-0.25, -0.2) is 0 Å². The molecule has 1 heterocycles. The second-order valence-corrected chi connectivity index (χ2v) is 5.88. The molecule has 1 aromatic carbocycles.